The molecular formula is C13H17F3N2O2. The highest BCUT2D eigenvalue weighted by molar-refractivity contribution is 5.94. The lowest BCUT2D eigenvalue weighted by Gasteiger charge is -2.14. The first-order chi connectivity index (χ1) is 9.38. The van der Waals surface area contributed by atoms with E-state index < -0.39 is 18.8 Å². The van der Waals surface area contributed by atoms with Gasteiger partial charge in [-0.25, -0.2) is 0 Å². The summed E-state index contributed by atoms with van der Waals surface area (Å²) in [6.45, 7) is 0.406. The van der Waals surface area contributed by atoms with Crippen molar-refractivity contribution in [3.63, 3.8) is 0 Å². The van der Waals surface area contributed by atoms with Crippen LogP contribution in [0.1, 0.15) is 6.92 Å². The molecule has 1 unspecified atom stereocenters. The summed E-state index contributed by atoms with van der Waals surface area (Å²) in [6.07, 6.45) is -4.32. The topological polar surface area (TPSA) is 50.4 Å². The van der Waals surface area contributed by atoms with Gasteiger partial charge in [0.05, 0.1) is 12.6 Å². The van der Waals surface area contributed by atoms with Crippen molar-refractivity contribution in [3.8, 4) is 0 Å². The van der Waals surface area contributed by atoms with Gasteiger partial charge in [-0.1, -0.05) is 18.2 Å². The van der Waals surface area contributed by atoms with E-state index in [1.807, 2.05) is 6.07 Å². The number of benzene rings is 1. The maximum absolute atomic E-state index is 11.8. The average molecular weight is 290 g/mol. The Labute approximate surface area is 115 Å². The largest absolute Gasteiger partial charge is 0.411 e. The molecule has 0 aliphatic heterocycles. The van der Waals surface area contributed by atoms with Crippen molar-refractivity contribution in [2.24, 2.45) is 0 Å². The number of hydrogen-bond acceptors (Lipinski definition) is 3. The second kappa shape index (κ2) is 7.86. The van der Waals surface area contributed by atoms with Gasteiger partial charge >= 0.3 is 6.18 Å². The van der Waals surface area contributed by atoms with Gasteiger partial charge < -0.3 is 15.4 Å². The zero-order valence-electron chi connectivity index (χ0n) is 11.0. The second-order valence-corrected chi connectivity index (χ2v) is 4.20. The lowest BCUT2D eigenvalue weighted by molar-refractivity contribution is -0.173. The Bertz CT molecular complexity index is 410. The normalized spacial score (nSPS) is 13.0. The van der Waals surface area contributed by atoms with Crippen LogP contribution in [-0.2, 0) is 9.53 Å². The van der Waals surface area contributed by atoms with Gasteiger partial charge in [0.1, 0.15) is 6.61 Å². The molecule has 0 aromatic heterocycles. The summed E-state index contributed by atoms with van der Waals surface area (Å²) < 4.78 is 39.8. The van der Waals surface area contributed by atoms with Crippen LogP contribution in [0.5, 0.6) is 0 Å². The van der Waals surface area contributed by atoms with Crippen molar-refractivity contribution in [1.82, 2.24) is 5.32 Å². The number of nitrogens with one attached hydrogen (secondary N) is 2. The summed E-state index contributed by atoms with van der Waals surface area (Å²) in [5, 5.41) is 5.47. The molecule has 1 amide bonds. The number of ether oxygens (including phenoxy) is 1. The van der Waals surface area contributed by atoms with E-state index in [4.69, 9.17) is 0 Å². The summed E-state index contributed by atoms with van der Waals surface area (Å²) in [7, 11) is 0. The molecule has 0 aliphatic carbocycles. The molecule has 4 nitrogen and oxygen atoms in total. The second-order valence-electron chi connectivity index (χ2n) is 4.20. The molecule has 0 saturated heterocycles. The molecule has 0 bridgehead atoms. The van der Waals surface area contributed by atoms with Crippen LogP contribution >= 0.6 is 0 Å². The first kappa shape index (κ1) is 16.5. The molecule has 20 heavy (non-hydrogen) atoms. The van der Waals surface area contributed by atoms with E-state index in [1.54, 1.807) is 31.2 Å². The van der Waals surface area contributed by atoms with E-state index in [1.165, 1.54) is 0 Å². The van der Waals surface area contributed by atoms with Crippen LogP contribution in [0.2, 0.25) is 0 Å². The van der Waals surface area contributed by atoms with Gasteiger partial charge in [0.2, 0.25) is 5.91 Å². The van der Waals surface area contributed by atoms with E-state index in [0.29, 0.717) is 5.69 Å². The highest BCUT2D eigenvalue weighted by atomic mass is 19.4. The molecule has 2 N–H and O–H groups in total. The van der Waals surface area contributed by atoms with Gasteiger partial charge in [0.15, 0.2) is 0 Å². The molecule has 0 radical (unpaired) electrons. The Morgan fingerprint density at radius 1 is 1.30 bits per heavy atom. The van der Waals surface area contributed by atoms with Crippen LogP contribution in [0.3, 0.4) is 0 Å². The van der Waals surface area contributed by atoms with Crippen LogP contribution in [0.4, 0.5) is 18.9 Å². The Morgan fingerprint density at radius 2 is 1.95 bits per heavy atom. The third-order valence-corrected chi connectivity index (χ3v) is 2.40. The number of hydrogen-bond donors (Lipinski definition) is 2. The van der Waals surface area contributed by atoms with Gasteiger partial charge in [0.25, 0.3) is 0 Å². The molecule has 0 fully saturated rings. The smallest absolute Gasteiger partial charge is 0.371 e. The predicted molar refractivity (Wildman–Crippen MR) is 69.4 cm³/mol. The quantitative estimate of drug-likeness (QED) is 0.757. The lowest BCUT2D eigenvalue weighted by atomic mass is 10.2. The standard InChI is InChI=1S/C13H17F3N2O2/c1-10(17-7-8-20-9-13(14,15)16)12(19)18-11-5-3-2-4-6-11/h2-6,10,17H,7-9H2,1H3,(H,18,19). The highest BCUT2D eigenvalue weighted by Crippen LogP contribution is 2.13. The summed E-state index contributed by atoms with van der Waals surface area (Å²) in [5.41, 5.74) is 0.666. The third-order valence-electron chi connectivity index (χ3n) is 2.40. The van der Waals surface area contributed by atoms with Gasteiger partial charge in [0, 0.05) is 12.2 Å². The first-order valence-corrected chi connectivity index (χ1v) is 6.12. The van der Waals surface area contributed by atoms with E-state index in [-0.39, 0.29) is 19.1 Å². The van der Waals surface area contributed by atoms with E-state index >= 15 is 0 Å². The van der Waals surface area contributed by atoms with E-state index in [2.05, 4.69) is 15.4 Å². The van der Waals surface area contributed by atoms with Crippen molar-refractivity contribution in [1.29, 1.82) is 0 Å². The molecule has 7 heteroatoms. The Hall–Kier alpha value is -1.60. The average Bonchev–Trinajstić information content (AvgIpc) is 2.38. The van der Waals surface area contributed by atoms with Gasteiger partial charge in [-0.15, -0.1) is 0 Å². The number of amides is 1. The predicted octanol–water partition coefficient (Wildman–Crippen LogP) is 2.18. The maximum atomic E-state index is 11.8. The van der Waals surface area contributed by atoms with Gasteiger partial charge in [-0.2, -0.15) is 13.2 Å². The fourth-order valence-corrected chi connectivity index (χ4v) is 1.40. The van der Waals surface area contributed by atoms with Crippen molar-refractivity contribution >= 4 is 11.6 Å². The zero-order valence-corrected chi connectivity index (χ0v) is 11.0. The highest BCUT2D eigenvalue weighted by Gasteiger charge is 2.27. The van der Waals surface area contributed by atoms with E-state index in [0.717, 1.165) is 0 Å². The molecule has 1 rings (SSSR count). The number of alkyl halides is 3. The van der Waals surface area contributed by atoms with Gasteiger partial charge in [-0.05, 0) is 19.1 Å². The minimum absolute atomic E-state index is 0.109. The van der Waals surface area contributed by atoms with E-state index in [9.17, 15) is 18.0 Å². The molecule has 0 saturated carbocycles. The zero-order chi connectivity index (χ0) is 15.0. The molecule has 0 heterocycles. The number of anilines is 1. The number of carbonyl (C=O) groups excluding carboxylic acids is 1. The fourth-order valence-electron chi connectivity index (χ4n) is 1.40. The summed E-state index contributed by atoms with van der Waals surface area (Å²) >= 11 is 0. The molecule has 0 spiro atoms. The molecule has 112 valence electrons. The Morgan fingerprint density at radius 3 is 2.55 bits per heavy atom. The summed E-state index contributed by atoms with van der Waals surface area (Å²) in [4.78, 5) is 11.7. The monoisotopic (exact) mass is 290 g/mol. The Kier molecular flexibility index (Phi) is 6.47. The van der Waals surface area contributed by atoms with Crippen LogP contribution in [0, 0.1) is 0 Å². The Balaban J connectivity index is 2.19. The van der Waals surface area contributed by atoms with Gasteiger partial charge in [-0.3, -0.25) is 4.79 Å². The van der Waals surface area contributed by atoms with Crippen molar-refractivity contribution in [2.45, 2.75) is 19.1 Å². The molecule has 0 aliphatic rings. The first-order valence-electron chi connectivity index (χ1n) is 6.12. The number of para-hydroxylation sites is 1. The van der Waals surface area contributed by atoms with Crippen LogP contribution in [0.25, 0.3) is 0 Å². The summed E-state index contributed by atoms with van der Waals surface area (Å²) in [6, 6.07) is 8.38. The molecular weight excluding hydrogens is 273 g/mol. The SMILES string of the molecule is CC(NCCOCC(F)(F)F)C(=O)Nc1ccccc1. The van der Waals surface area contributed by atoms with Crippen LogP contribution in [0.15, 0.2) is 30.3 Å². The lowest BCUT2D eigenvalue weighted by Crippen LogP contribution is -2.39. The minimum atomic E-state index is -4.32. The van der Waals surface area contributed by atoms with Crippen LogP contribution < -0.4 is 10.6 Å². The summed E-state index contributed by atoms with van der Waals surface area (Å²) in [5.74, 6) is -0.257. The van der Waals surface area contributed by atoms with Crippen molar-refractivity contribution in [3.05, 3.63) is 30.3 Å². The maximum Gasteiger partial charge on any atom is 0.411 e. The number of halogens is 3. The van der Waals surface area contributed by atoms with Crippen molar-refractivity contribution in [2.75, 3.05) is 25.1 Å². The van der Waals surface area contributed by atoms with Crippen molar-refractivity contribution < 1.29 is 22.7 Å². The molecule has 1 atom stereocenters. The third kappa shape index (κ3) is 7.10. The molecule has 1 aromatic carbocycles. The number of carbonyl (C=O) groups is 1. The van der Waals surface area contributed by atoms with Crippen LogP contribution in [-0.4, -0.2) is 37.9 Å². The fraction of sp³-hybridized carbons (Fsp3) is 0.462. The molecule has 1 aromatic rings. The number of rotatable bonds is 7. The minimum Gasteiger partial charge on any atom is -0.371 e.